The molecule has 0 aliphatic rings. The fraction of sp³-hybridized carbons (Fsp3) is 0.385. The molecule has 1 unspecified atom stereocenters. The lowest BCUT2D eigenvalue weighted by Gasteiger charge is -2.15. The fourth-order valence-electron chi connectivity index (χ4n) is 1.59. The van der Waals surface area contributed by atoms with Crippen LogP contribution in [-0.4, -0.2) is 23.0 Å². The van der Waals surface area contributed by atoms with Crippen molar-refractivity contribution in [2.24, 2.45) is 0 Å². The molecule has 5 heteroatoms. The average molecular weight is 250 g/mol. The van der Waals surface area contributed by atoms with Crippen LogP contribution in [-0.2, 0) is 9.59 Å². The fourth-order valence-corrected chi connectivity index (χ4v) is 1.59. The molecule has 18 heavy (non-hydrogen) atoms. The number of hydrogen-bond donors (Lipinski definition) is 3. The number of benzene rings is 1. The van der Waals surface area contributed by atoms with Gasteiger partial charge in [-0.3, -0.25) is 9.59 Å². The Morgan fingerprint density at radius 1 is 1.33 bits per heavy atom. The van der Waals surface area contributed by atoms with E-state index in [1.807, 2.05) is 25.1 Å². The van der Waals surface area contributed by atoms with Crippen LogP contribution in [0.2, 0.25) is 0 Å². The molecule has 5 nitrogen and oxygen atoms in total. The van der Waals surface area contributed by atoms with Crippen molar-refractivity contribution in [2.45, 2.75) is 32.7 Å². The molecule has 3 N–H and O–H groups in total. The van der Waals surface area contributed by atoms with Gasteiger partial charge in [0.05, 0.1) is 0 Å². The van der Waals surface area contributed by atoms with Gasteiger partial charge >= 0.3 is 5.97 Å². The molecule has 1 atom stereocenters. The standard InChI is InChI=1S/C13H18N2O3/c1-9(6-7-13(17)18)14-11-4-3-5-12(8-11)15-10(2)16/h3-5,8-9,14H,6-7H2,1-2H3,(H,15,16)(H,17,18). The normalized spacial score (nSPS) is 11.7. The number of anilines is 2. The van der Waals surface area contributed by atoms with E-state index >= 15 is 0 Å². The van der Waals surface area contributed by atoms with Crippen LogP contribution in [0.4, 0.5) is 11.4 Å². The van der Waals surface area contributed by atoms with Crippen LogP contribution in [0.15, 0.2) is 24.3 Å². The zero-order valence-corrected chi connectivity index (χ0v) is 10.6. The van der Waals surface area contributed by atoms with Crippen LogP contribution in [0.3, 0.4) is 0 Å². The summed E-state index contributed by atoms with van der Waals surface area (Å²) in [4.78, 5) is 21.4. The van der Waals surface area contributed by atoms with Crippen LogP contribution in [0, 0.1) is 0 Å². The first-order valence-electron chi connectivity index (χ1n) is 5.83. The van der Waals surface area contributed by atoms with Crippen LogP contribution >= 0.6 is 0 Å². The van der Waals surface area contributed by atoms with Crippen molar-refractivity contribution in [1.82, 2.24) is 0 Å². The van der Waals surface area contributed by atoms with Gasteiger partial charge in [-0.1, -0.05) is 6.07 Å². The molecular weight excluding hydrogens is 232 g/mol. The summed E-state index contributed by atoms with van der Waals surface area (Å²) in [5, 5.41) is 14.5. The van der Waals surface area contributed by atoms with Crippen molar-refractivity contribution in [3.05, 3.63) is 24.3 Å². The molecule has 0 spiro atoms. The summed E-state index contributed by atoms with van der Waals surface area (Å²) in [5.74, 6) is -0.915. The smallest absolute Gasteiger partial charge is 0.303 e. The van der Waals surface area contributed by atoms with E-state index in [4.69, 9.17) is 5.11 Å². The topological polar surface area (TPSA) is 78.4 Å². The monoisotopic (exact) mass is 250 g/mol. The molecule has 1 rings (SSSR count). The Morgan fingerprint density at radius 2 is 2.00 bits per heavy atom. The molecular formula is C13H18N2O3. The van der Waals surface area contributed by atoms with E-state index in [1.54, 1.807) is 6.07 Å². The Labute approximate surface area is 106 Å². The van der Waals surface area contributed by atoms with E-state index in [-0.39, 0.29) is 18.4 Å². The van der Waals surface area contributed by atoms with Crippen molar-refractivity contribution in [3.63, 3.8) is 0 Å². The maximum absolute atomic E-state index is 10.9. The Bertz CT molecular complexity index is 432. The summed E-state index contributed by atoms with van der Waals surface area (Å²) >= 11 is 0. The van der Waals surface area contributed by atoms with Gasteiger partial charge in [-0.15, -0.1) is 0 Å². The third kappa shape index (κ3) is 5.34. The molecule has 0 heterocycles. The maximum Gasteiger partial charge on any atom is 0.303 e. The number of carboxylic acids is 1. The van der Waals surface area contributed by atoms with Crippen LogP contribution in [0.1, 0.15) is 26.7 Å². The Balaban J connectivity index is 2.55. The van der Waals surface area contributed by atoms with Crippen molar-refractivity contribution in [1.29, 1.82) is 0 Å². The van der Waals surface area contributed by atoms with Gasteiger partial charge in [0.15, 0.2) is 0 Å². The predicted molar refractivity (Wildman–Crippen MR) is 70.7 cm³/mol. The average Bonchev–Trinajstić information content (AvgIpc) is 2.26. The van der Waals surface area contributed by atoms with Gasteiger partial charge in [0.25, 0.3) is 0 Å². The number of carboxylic acid groups (broad SMARTS) is 1. The van der Waals surface area contributed by atoms with E-state index < -0.39 is 5.97 Å². The van der Waals surface area contributed by atoms with Gasteiger partial charge < -0.3 is 15.7 Å². The Hall–Kier alpha value is -2.04. The van der Waals surface area contributed by atoms with Crippen molar-refractivity contribution >= 4 is 23.3 Å². The summed E-state index contributed by atoms with van der Waals surface area (Å²) in [6.07, 6.45) is 0.694. The van der Waals surface area contributed by atoms with Crippen molar-refractivity contribution < 1.29 is 14.7 Å². The van der Waals surface area contributed by atoms with E-state index in [2.05, 4.69) is 10.6 Å². The van der Waals surface area contributed by atoms with Crippen molar-refractivity contribution in [2.75, 3.05) is 10.6 Å². The quantitative estimate of drug-likeness (QED) is 0.724. The zero-order chi connectivity index (χ0) is 13.5. The van der Waals surface area contributed by atoms with Gasteiger partial charge in [-0.25, -0.2) is 0 Å². The van der Waals surface area contributed by atoms with Gasteiger partial charge in [0, 0.05) is 30.8 Å². The summed E-state index contributed by atoms with van der Waals surface area (Å²) < 4.78 is 0. The van der Waals surface area contributed by atoms with Crippen LogP contribution in [0.5, 0.6) is 0 Å². The summed E-state index contributed by atoms with van der Waals surface area (Å²) in [5.41, 5.74) is 1.58. The number of nitrogens with one attached hydrogen (secondary N) is 2. The first-order chi connectivity index (χ1) is 8.47. The molecule has 1 aromatic rings. The first kappa shape index (κ1) is 14.0. The predicted octanol–water partition coefficient (Wildman–Crippen LogP) is 2.31. The lowest BCUT2D eigenvalue weighted by atomic mass is 10.1. The number of aliphatic carboxylic acids is 1. The molecule has 0 fully saturated rings. The van der Waals surface area contributed by atoms with E-state index in [0.717, 1.165) is 11.4 Å². The van der Waals surface area contributed by atoms with Gasteiger partial charge in [-0.05, 0) is 31.5 Å². The highest BCUT2D eigenvalue weighted by Gasteiger charge is 2.05. The third-order valence-corrected chi connectivity index (χ3v) is 2.39. The Morgan fingerprint density at radius 3 is 2.61 bits per heavy atom. The highest BCUT2D eigenvalue weighted by Crippen LogP contribution is 2.16. The number of hydrogen-bond acceptors (Lipinski definition) is 3. The molecule has 0 aliphatic carbocycles. The summed E-state index contributed by atoms with van der Waals surface area (Å²) in [7, 11) is 0. The second kappa shape index (κ2) is 6.64. The first-order valence-corrected chi connectivity index (χ1v) is 5.83. The third-order valence-electron chi connectivity index (χ3n) is 2.39. The van der Waals surface area contributed by atoms with Gasteiger partial charge in [0.1, 0.15) is 0 Å². The molecule has 0 aliphatic heterocycles. The minimum atomic E-state index is -0.796. The van der Waals surface area contributed by atoms with E-state index in [0.29, 0.717) is 6.42 Å². The molecule has 98 valence electrons. The summed E-state index contributed by atoms with van der Waals surface area (Å²) in [6, 6.07) is 7.39. The molecule has 1 aromatic carbocycles. The lowest BCUT2D eigenvalue weighted by molar-refractivity contribution is -0.137. The van der Waals surface area contributed by atoms with E-state index in [1.165, 1.54) is 6.92 Å². The number of rotatable bonds is 6. The highest BCUT2D eigenvalue weighted by molar-refractivity contribution is 5.89. The minimum absolute atomic E-state index is 0.0636. The van der Waals surface area contributed by atoms with Gasteiger partial charge in [-0.2, -0.15) is 0 Å². The van der Waals surface area contributed by atoms with Gasteiger partial charge in [0.2, 0.25) is 5.91 Å². The number of amides is 1. The molecule has 0 aromatic heterocycles. The summed E-state index contributed by atoms with van der Waals surface area (Å²) in [6.45, 7) is 3.38. The molecule has 1 amide bonds. The highest BCUT2D eigenvalue weighted by atomic mass is 16.4. The molecule has 0 radical (unpaired) electrons. The minimum Gasteiger partial charge on any atom is -0.481 e. The second-order valence-corrected chi connectivity index (χ2v) is 4.24. The zero-order valence-electron chi connectivity index (χ0n) is 10.6. The van der Waals surface area contributed by atoms with Crippen LogP contribution < -0.4 is 10.6 Å². The SMILES string of the molecule is CC(=O)Nc1cccc(NC(C)CCC(=O)O)c1. The molecule has 0 saturated heterocycles. The number of carbonyl (C=O) groups excluding carboxylic acids is 1. The van der Waals surface area contributed by atoms with E-state index in [9.17, 15) is 9.59 Å². The Kier molecular flexibility index (Phi) is 5.17. The maximum atomic E-state index is 10.9. The van der Waals surface area contributed by atoms with Crippen molar-refractivity contribution in [3.8, 4) is 0 Å². The molecule has 0 saturated carbocycles. The molecule has 0 bridgehead atoms. The number of carbonyl (C=O) groups is 2. The largest absolute Gasteiger partial charge is 0.481 e. The van der Waals surface area contributed by atoms with Crippen LogP contribution in [0.25, 0.3) is 0 Å². The lowest BCUT2D eigenvalue weighted by Crippen LogP contribution is -2.16. The second-order valence-electron chi connectivity index (χ2n) is 4.24.